The third kappa shape index (κ3) is 2.74. The molecular formula is C19H14N4. The first-order valence-corrected chi connectivity index (χ1v) is 7.38. The van der Waals surface area contributed by atoms with E-state index in [1.165, 1.54) is 17.1 Å². The molecule has 4 nitrogen and oxygen atoms in total. The van der Waals surface area contributed by atoms with Gasteiger partial charge in [-0.1, -0.05) is 36.4 Å². The summed E-state index contributed by atoms with van der Waals surface area (Å²) in [6, 6.07) is 20.5. The predicted molar refractivity (Wildman–Crippen MR) is 93.1 cm³/mol. The van der Waals surface area contributed by atoms with Gasteiger partial charge in [-0.25, -0.2) is 15.0 Å². The molecule has 0 unspecified atom stereocenters. The van der Waals surface area contributed by atoms with Crippen LogP contribution < -0.4 is 0 Å². The molecule has 23 heavy (non-hydrogen) atoms. The Morgan fingerprint density at radius 2 is 1.43 bits per heavy atom. The number of hydrogen-bond acceptors (Lipinski definition) is 3. The zero-order valence-corrected chi connectivity index (χ0v) is 12.3. The normalized spacial score (nSPS) is 10.6. The minimum absolute atomic E-state index is 0.963. The Hall–Kier alpha value is -3.27. The molecule has 0 atom stereocenters. The third-order valence-electron chi connectivity index (χ3n) is 3.65. The molecular weight excluding hydrogens is 284 g/mol. The van der Waals surface area contributed by atoms with E-state index in [-0.39, 0.29) is 0 Å². The van der Waals surface area contributed by atoms with Gasteiger partial charge in [0.25, 0.3) is 0 Å². The fourth-order valence-electron chi connectivity index (χ4n) is 2.51. The van der Waals surface area contributed by atoms with Crippen molar-refractivity contribution in [3.63, 3.8) is 0 Å². The summed E-state index contributed by atoms with van der Waals surface area (Å²) in [6.07, 6.45) is 5.14. The van der Waals surface area contributed by atoms with Crippen LogP contribution in [0.1, 0.15) is 0 Å². The maximum atomic E-state index is 4.58. The number of para-hydroxylation sites is 2. The van der Waals surface area contributed by atoms with Gasteiger partial charge in [-0.15, -0.1) is 0 Å². The molecule has 0 saturated carbocycles. The van der Waals surface area contributed by atoms with E-state index in [9.17, 15) is 0 Å². The minimum atomic E-state index is 0.963. The molecule has 0 fully saturated rings. The van der Waals surface area contributed by atoms with Crippen LogP contribution in [-0.2, 0) is 0 Å². The van der Waals surface area contributed by atoms with Crippen molar-refractivity contribution < 1.29 is 0 Å². The third-order valence-corrected chi connectivity index (χ3v) is 3.65. The summed E-state index contributed by atoms with van der Waals surface area (Å²) < 4.78 is 0. The second-order valence-corrected chi connectivity index (χ2v) is 5.17. The van der Waals surface area contributed by atoms with Crippen molar-refractivity contribution in [2.45, 2.75) is 0 Å². The molecule has 0 aliphatic carbocycles. The van der Waals surface area contributed by atoms with Crippen LogP contribution in [0.2, 0.25) is 0 Å². The van der Waals surface area contributed by atoms with Crippen LogP contribution in [0, 0.1) is 0 Å². The van der Waals surface area contributed by atoms with Gasteiger partial charge in [-0.2, -0.15) is 0 Å². The molecule has 0 amide bonds. The molecule has 0 bridgehead atoms. The first-order chi connectivity index (χ1) is 11.4. The second-order valence-electron chi connectivity index (χ2n) is 5.17. The quantitative estimate of drug-likeness (QED) is 0.432. The van der Waals surface area contributed by atoms with Crippen molar-refractivity contribution in [2.24, 2.45) is 0 Å². The average Bonchev–Trinajstić information content (AvgIpc) is 3.09. The Morgan fingerprint density at radius 3 is 2.13 bits per heavy atom. The van der Waals surface area contributed by atoms with E-state index in [2.05, 4.69) is 38.1 Å². The van der Waals surface area contributed by atoms with Gasteiger partial charge in [0.15, 0.2) is 0 Å². The molecule has 0 spiro atoms. The molecule has 0 aliphatic rings. The van der Waals surface area contributed by atoms with Crippen LogP contribution in [0.4, 0.5) is 0 Å². The summed E-state index contributed by atoms with van der Waals surface area (Å²) in [5, 5.41) is 2.40. The number of fused-ring (bicyclic) bond motifs is 3. The number of benzene rings is 2. The monoisotopic (exact) mass is 298 g/mol. The molecule has 0 aliphatic heterocycles. The molecule has 3 heterocycles. The molecule has 5 rings (SSSR count). The van der Waals surface area contributed by atoms with Gasteiger partial charge in [0, 0.05) is 17.0 Å². The zero-order chi connectivity index (χ0) is 15.5. The number of aromatic amines is 1. The maximum Gasteiger partial charge on any atom is 0.116 e. The van der Waals surface area contributed by atoms with Crippen molar-refractivity contribution in [1.82, 2.24) is 19.9 Å². The van der Waals surface area contributed by atoms with E-state index in [1.54, 1.807) is 6.20 Å². The van der Waals surface area contributed by atoms with Crippen molar-refractivity contribution in [2.75, 3.05) is 0 Å². The lowest BCUT2D eigenvalue weighted by atomic mass is 10.1. The van der Waals surface area contributed by atoms with E-state index in [0.717, 1.165) is 22.1 Å². The Balaban J connectivity index is 0.000000130. The molecule has 0 saturated heterocycles. The maximum absolute atomic E-state index is 4.58. The highest BCUT2D eigenvalue weighted by molar-refractivity contribution is 5.92. The van der Waals surface area contributed by atoms with Crippen LogP contribution in [0.15, 0.2) is 79.4 Å². The van der Waals surface area contributed by atoms with Gasteiger partial charge < -0.3 is 4.98 Å². The molecule has 2 aromatic carbocycles. The van der Waals surface area contributed by atoms with E-state index >= 15 is 0 Å². The van der Waals surface area contributed by atoms with Gasteiger partial charge in [0.1, 0.15) is 6.33 Å². The van der Waals surface area contributed by atoms with Crippen LogP contribution in [0.3, 0.4) is 0 Å². The first-order valence-electron chi connectivity index (χ1n) is 7.38. The Morgan fingerprint density at radius 1 is 0.739 bits per heavy atom. The van der Waals surface area contributed by atoms with E-state index in [0.29, 0.717) is 0 Å². The fraction of sp³-hybridized carbons (Fsp3) is 0. The Labute approximate surface area is 132 Å². The molecule has 0 radical (unpaired) electrons. The lowest BCUT2D eigenvalue weighted by Crippen LogP contribution is -1.80. The van der Waals surface area contributed by atoms with E-state index in [4.69, 9.17) is 0 Å². The van der Waals surface area contributed by atoms with Gasteiger partial charge in [-0.3, -0.25) is 0 Å². The van der Waals surface area contributed by atoms with Gasteiger partial charge >= 0.3 is 0 Å². The summed E-state index contributed by atoms with van der Waals surface area (Å²) in [5.74, 6) is 0. The Bertz CT molecular complexity index is 947. The molecule has 110 valence electrons. The summed E-state index contributed by atoms with van der Waals surface area (Å²) in [7, 11) is 0. The zero-order valence-electron chi connectivity index (χ0n) is 12.3. The molecule has 4 heteroatoms. The largest absolute Gasteiger partial charge is 0.359 e. The van der Waals surface area contributed by atoms with Gasteiger partial charge in [0.05, 0.1) is 28.3 Å². The number of nitrogens with one attached hydrogen (secondary N) is 1. The number of aromatic nitrogens is 4. The van der Waals surface area contributed by atoms with Crippen LogP contribution in [0.25, 0.3) is 32.8 Å². The van der Waals surface area contributed by atoms with E-state index in [1.807, 2.05) is 48.7 Å². The van der Waals surface area contributed by atoms with Gasteiger partial charge in [-0.05, 0) is 24.3 Å². The SMILES string of the molecule is c1ccc2nc3ccccc3cc2c1.c1ncc2[nH]ccc2n1. The predicted octanol–water partition coefficient (Wildman–Crippen LogP) is 4.35. The molecule has 1 N–H and O–H groups in total. The second kappa shape index (κ2) is 5.85. The van der Waals surface area contributed by atoms with Crippen LogP contribution >= 0.6 is 0 Å². The number of H-pyrrole nitrogens is 1. The van der Waals surface area contributed by atoms with Crippen LogP contribution in [0.5, 0.6) is 0 Å². The lowest BCUT2D eigenvalue weighted by molar-refractivity contribution is 1.22. The first kappa shape index (κ1) is 13.4. The highest BCUT2D eigenvalue weighted by Gasteiger charge is 1.96. The number of pyridine rings is 1. The Kier molecular flexibility index (Phi) is 3.41. The summed E-state index contributed by atoms with van der Waals surface area (Å²) in [4.78, 5) is 15.4. The minimum Gasteiger partial charge on any atom is -0.359 e. The van der Waals surface area contributed by atoms with E-state index < -0.39 is 0 Å². The fourth-order valence-corrected chi connectivity index (χ4v) is 2.51. The van der Waals surface area contributed by atoms with Crippen molar-refractivity contribution in [1.29, 1.82) is 0 Å². The summed E-state index contributed by atoms with van der Waals surface area (Å²) in [5.41, 5.74) is 4.07. The highest BCUT2D eigenvalue weighted by atomic mass is 14.9. The standard InChI is InChI=1S/C13H9N.C6H5N3/c1-3-7-12-10(5-1)9-11-6-2-4-8-13(11)14-12;1-2-8-6-3-7-4-9-5(1)6/h1-9H;1-4,8H. The molecule has 3 aromatic heterocycles. The van der Waals surface area contributed by atoms with Crippen molar-refractivity contribution in [3.8, 4) is 0 Å². The lowest BCUT2D eigenvalue weighted by Gasteiger charge is -1.99. The number of nitrogens with zero attached hydrogens (tertiary/aromatic N) is 3. The topological polar surface area (TPSA) is 54.5 Å². The summed E-state index contributed by atoms with van der Waals surface area (Å²) >= 11 is 0. The summed E-state index contributed by atoms with van der Waals surface area (Å²) in [6.45, 7) is 0. The van der Waals surface area contributed by atoms with Gasteiger partial charge in [0.2, 0.25) is 0 Å². The van der Waals surface area contributed by atoms with Crippen molar-refractivity contribution in [3.05, 3.63) is 79.4 Å². The van der Waals surface area contributed by atoms with Crippen LogP contribution in [-0.4, -0.2) is 19.9 Å². The highest BCUT2D eigenvalue weighted by Crippen LogP contribution is 2.18. The average molecular weight is 298 g/mol. The number of rotatable bonds is 0. The number of hydrogen-bond donors (Lipinski definition) is 1. The smallest absolute Gasteiger partial charge is 0.116 e. The molecule has 5 aromatic rings. The van der Waals surface area contributed by atoms with Crippen molar-refractivity contribution >= 4 is 32.8 Å².